The number of carbonyl (C=O) groups is 1. The Kier molecular flexibility index (Phi) is 4.86. The molecule has 0 fully saturated rings. The molecule has 0 aliphatic rings. The average molecular weight is 348 g/mol. The van der Waals surface area contributed by atoms with Crippen LogP contribution in [0.4, 0.5) is 4.39 Å². The van der Waals surface area contributed by atoms with Crippen molar-refractivity contribution in [2.75, 3.05) is 6.54 Å². The Morgan fingerprint density at radius 3 is 3.04 bits per heavy atom. The second kappa shape index (κ2) is 7.06. The van der Waals surface area contributed by atoms with Gasteiger partial charge in [-0.1, -0.05) is 0 Å². The molecule has 0 bridgehead atoms. The fourth-order valence-electron chi connectivity index (χ4n) is 2.50. The quantitative estimate of drug-likeness (QED) is 0.609. The number of nitrogens with zero attached hydrogens (tertiary/aromatic N) is 2. The highest BCUT2D eigenvalue weighted by Crippen LogP contribution is 2.14. The molecule has 3 rings (SSSR count). The van der Waals surface area contributed by atoms with Gasteiger partial charge in [0.2, 0.25) is 0 Å². The first-order chi connectivity index (χ1) is 11.5. The number of rotatable bonds is 7. The second-order valence-electron chi connectivity index (χ2n) is 5.50. The predicted octanol–water partition coefficient (Wildman–Crippen LogP) is 2.29. The Labute approximate surface area is 141 Å². The largest absolute Gasteiger partial charge is 0.480 e. The molecule has 3 aromatic rings. The molecule has 2 heterocycles. The van der Waals surface area contributed by atoms with Gasteiger partial charge in [0.25, 0.3) is 0 Å². The van der Waals surface area contributed by atoms with Gasteiger partial charge in [0.15, 0.2) is 0 Å². The van der Waals surface area contributed by atoms with Crippen molar-refractivity contribution in [3.8, 4) is 0 Å². The van der Waals surface area contributed by atoms with E-state index in [-0.39, 0.29) is 12.2 Å². The Hall–Kier alpha value is -2.32. The Morgan fingerprint density at radius 1 is 1.50 bits per heavy atom. The normalized spacial score (nSPS) is 12.6. The van der Waals surface area contributed by atoms with Crippen LogP contribution in [-0.4, -0.2) is 38.6 Å². The number of imidazole rings is 1. The number of halogens is 1. The maximum Gasteiger partial charge on any atom is 0.321 e. The van der Waals surface area contributed by atoms with E-state index in [0.29, 0.717) is 23.4 Å². The molecule has 0 saturated carbocycles. The van der Waals surface area contributed by atoms with Gasteiger partial charge in [-0.25, -0.2) is 14.4 Å². The average Bonchev–Trinajstić information content (AvgIpc) is 3.11. The maximum atomic E-state index is 13.2. The van der Waals surface area contributed by atoms with E-state index in [1.807, 2.05) is 6.92 Å². The number of carboxylic acid groups (broad SMARTS) is 1. The van der Waals surface area contributed by atoms with Crippen LogP contribution in [0.5, 0.6) is 0 Å². The molecule has 0 unspecified atom stereocenters. The number of aliphatic carboxylic acids is 1. The summed E-state index contributed by atoms with van der Waals surface area (Å²) in [5.41, 5.74) is 3.95. The smallest absolute Gasteiger partial charge is 0.321 e. The molecular formula is C16H17FN4O2S. The number of carboxylic acids is 1. The molecule has 3 N–H and O–H groups in total. The minimum atomic E-state index is -0.942. The summed E-state index contributed by atoms with van der Waals surface area (Å²) < 4.78 is 13.2. The van der Waals surface area contributed by atoms with Crippen molar-refractivity contribution in [2.45, 2.75) is 25.8 Å². The van der Waals surface area contributed by atoms with Crippen LogP contribution in [0.2, 0.25) is 0 Å². The SMILES string of the molecule is Cc1ncsc1CCN[C@H](Cc1nc2ccc(F)cc2[nH]1)C(=O)O. The van der Waals surface area contributed by atoms with Gasteiger partial charge in [-0.15, -0.1) is 11.3 Å². The maximum absolute atomic E-state index is 13.2. The molecule has 0 amide bonds. The van der Waals surface area contributed by atoms with Gasteiger partial charge in [0, 0.05) is 17.8 Å². The van der Waals surface area contributed by atoms with E-state index >= 15 is 0 Å². The van der Waals surface area contributed by atoms with Crippen LogP contribution in [0.15, 0.2) is 23.7 Å². The molecule has 1 atom stereocenters. The molecule has 0 aliphatic heterocycles. The van der Waals surface area contributed by atoms with Crippen LogP contribution in [0.1, 0.15) is 16.4 Å². The van der Waals surface area contributed by atoms with E-state index in [2.05, 4.69) is 20.3 Å². The first-order valence-corrected chi connectivity index (χ1v) is 8.40. The lowest BCUT2D eigenvalue weighted by atomic mass is 10.2. The third-order valence-electron chi connectivity index (χ3n) is 3.78. The summed E-state index contributed by atoms with van der Waals surface area (Å²) in [5, 5.41) is 12.4. The number of aromatic nitrogens is 3. The van der Waals surface area contributed by atoms with E-state index in [4.69, 9.17) is 0 Å². The van der Waals surface area contributed by atoms with E-state index < -0.39 is 12.0 Å². The van der Waals surface area contributed by atoms with Gasteiger partial charge < -0.3 is 15.4 Å². The Morgan fingerprint density at radius 2 is 2.33 bits per heavy atom. The molecule has 0 aliphatic carbocycles. The predicted molar refractivity (Wildman–Crippen MR) is 89.7 cm³/mol. The minimum absolute atomic E-state index is 0.202. The number of H-pyrrole nitrogens is 1. The van der Waals surface area contributed by atoms with Crippen LogP contribution < -0.4 is 5.32 Å². The highest BCUT2D eigenvalue weighted by Gasteiger charge is 2.19. The molecule has 0 radical (unpaired) electrons. The summed E-state index contributed by atoms with van der Waals surface area (Å²) in [4.78, 5) is 24.1. The van der Waals surface area contributed by atoms with Gasteiger partial charge in [-0.2, -0.15) is 0 Å². The highest BCUT2D eigenvalue weighted by molar-refractivity contribution is 7.09. The van der Waals surface area contributed by atoms with Crippen LogP contribution in [0, 0.1) is 12.7 Å². The summed E-state index contributed by atoms with van der Waals surface area (Å²) >= 11 is 1.57. The molecule has 0 spiro atoms. The number of fused-ring (bicyclic) bond motifs is 1. The van der Waals surface area contributed by atoms with Crippen molar-refractivity contribution in [1.29, 1.82) is 0 Å². The summed E-state index contributed by atoms with van der Waals surface area (Å²) in [6.07, 6.45) is 0.929. The first kappa shape index (κ1) is 16.5. The zero-order valence-electron chi connectivity index (χ0n) is 13.0. The van der Waals surface area contributed by atoms with Crippen molar-refractivity contribution >= 4 is 28.3 Å². The number of nitrogens with one attached hydrogen (secondary N) is 2. The summed E-state index contributed by atoms with van der Waals surface area (Å²) in [7, 11) is 0. The van der Waals surface area contributed by atoms with E-state index in [9.17, 15) is 14.3 Å². The van der Waals surface area contributed by atoms with Crippen molar-refractivity contribution < 1.29 is 14.3 Å². The lowest BCUT2D eigenvalue weighted by molar-refractivity contribution is -0.139. The second-order valence-corrected chi connectivity index (χ2v) is 6.44. The van der Waals surface area contributed by atoms with Crippen molar-refractivity contribution in [1.82, 2.24) is 20.3 Å². The number of aryl methyl sites for hydroxylation is 1. The zero-order chi connectivity index (χ0) is 17.1. The Bertz CT molecular complexity index is 861. The number of aromatic amines is 1. The first-order valence-electron chi connectivity index (χ1n) is 7.52. The van der Waals surface area contributed by atoms with Gasteiger partial charge in [0.05, 0.1) is 22.2 Å². The topological polar surface area (TPSA) is 90.9 Å². The molecule has 126 valence electrons. The van der Waals surface area contributed by atoms with Crippen molar-refractivity contribution in [3.05, 3.63) is 45.9 Å². The van der Waals surface area contributed by atoms with E-state index in [1.54, 1.807) is 22.9 Å². The number of benzene rings is 1. The lowest BCUT2D eigenvalue weighted by Gasteiger charge is -2.12. The zero-order valence-corrected chi connectivity index (χ0v) is 13.9. The van der Waals surface area contributed by atoms with Crippen LogP contribution >= 0.6 is 11.3 Å². The Balaban J connectivity index is 1.64. The van der Waals surface area contributed by atoms with Gasteiger partial charge in [-0.05, 0) is 31.5 Å². The number of thiazole rings is 1. The van der Waals surface area contributed by atoms with Crippen LogP contribution in [0.25, 0.3) is 11.0 Å². The molecular weight excluding hydrogens is 331 g/mol. The molecule has 0 saturated heterocycles. The molecule has 24 heavy (non-hydrogen) atoms. The van der Waals surface area contributed by atoms with Crippen molar-refractivity contribution in [3.63, 3.8) is 0 Å². The fraction of sp³-hybridized carbons (Fsp3) is 0.312. The molecule has 8 heteroatoms. The van der Waals surface area contributed by atoms with E-state index in [1.165, 1.54) is 12.1 Å². The summed E-state index contributed by atoms with van der Waals surface area (Å²) in [5.74, 6) is -0.780. The fourth-order valence-corrected chi connectivity index (χ4v) is 3.28. The third kappa shape index (κ3) is 3.77. The monoisotopic (exact) mass is 348 g/mol. The number of hydrogen-bond acceptors (Lipinski definition) is 5. The van der Waals surface area contributed by atoms with Gasteiger partial charge >= 0.3 is 5.97 Å². The van der Waals surface area contributed by atoms with Crippen LogP contribution in [0.3, 0.4) is 0 Å². The minimum Gasteiger partial charge on any atom is -0.480 e. The molecule has 1 aromatic carbocycles. The number of hydrogen-bond donors (Lipinski definition) is 3. The van der Waals surface area contributed by atoms with Gasteiger partial charge in [-0.3, -0.25) is 4.79 Å². The lowest BCUT2D eigenvalue weighted by Crippen LogP contribution is -2.39. The molecule has 2 aromatic heterocycles. The van der Waals surface area contributed by atoms with Crippen LogP contribution in [-0.2, 0) is 17.6 Å². The van der Waals surface area contributed by atoms with Gasteiger partial charge in [0.1, 0.15) is 17.7 Å². The summed E-state index contributed by atoms with van der Waals surface area (Å²) in [6, 6.07) is 3.49. The third-order valence-corrected chi connectivity index (χ3v) is 4.77. The van der Waals surface area contributed by atoms with Crippen molar-refractivity contribution in [2.24, 2.45) is 0 Å². The highest BCUT2D eigenvalue weighted by atomic mass is 32.1. The molecule has 6 nitrogen and oxygen atoms in total. The standard InChI is InChI=1S/C16H17FN4O2S/c1-9-14(24-8-19-9)4-5-18-13(16(22)23)7-15-20-11-3-2-10(17)6-12(11)21-15/h2-3,6,8,13,18H,4-5,7H2,1H3,(H,20,21)(H,22,23)/t13-/m1/s1. The van der Waals surface area contributed by atoms with E-state index in [0.717, 1.165) is 17.0 Å². The summed E-state index contributed by atoms with van der Waals surface area (Å²) in [6.45, 7) is 2.48.